The average molecular weight is 524 g/mol. The van der Waals surface area contributed by atoms with Crippen LogP contribution in [0.1, 0.15) is 51.9 Å². The SMILES string of the molecule is CN(C)C(=O)CN=C(NCCCN1CCOCC1)NCC1(C)CCCCCC1.I. The number of nitrogens with one attached hydrogen (secondary N) is 2. The van der Waals surface area contributed by atoms with Crippen molar-refractivity contribution in [1.82, 2.24) is 20.4 Å². The summed E-state index contributed by atoms with van der Waals surface area (Å²) in [6.45, 7) is 9.13. The molecule has 2 aliphatic rings. The molecule has 0 aromatic carbocycles. The molecule has 1 aliphatic carbocycles. The van der Waals surface area contributed by atoms with Crippen LogP contribution in [0.3, 0.4) is 0 Å². The van der Waals surface area contributed by atoms with Gasteiger partial charge in [0.2, 0.25) is 5.91 Å². The summed E-state index contributed by atoms with van der Waals surface area (Å²) in [5.41, 5.74) is 0.318. The number of hydrogen-bond donors (Lipinski definition) is 2. The van der Waals surface area contributed by atoms with Crippen molar-refractivity contribution in [3.63, 3.8) is 0 Å². The van der Waals surface area contributed by atoms with Crippen LogP contribution in [0.4, 0.5) is 0 Å². The highest BCUT2D eigenvalue weighted by atomic mass is 127. The Morgan fingerprint density at radius 1 is 1.10 bits per heavy atom. The van der Waals surface area contributed by atoms with Gasteiger partial charge in [-0.1, -0.05) is 32.6 Å². The van der Waals surface area contributed by atoms with E-state index in [1.807, 2.05) is 0 Å². The van der Waals surface area contributed by atoms with E-state index >= 15 is 0 Å². The van der Waals surface area contributed by atoms with Gasteiger partial charge in [0, 0.05) is 40.3 Å². The van der Waals surface area contributed by atoms with Crippen molar-refractivity contribution in [3.8, 4) is 0 Å². The monoisotopic (exact) mass is 523 g/mol. The summed E-state index contributed by atoms with van der Waals surface area (Å²) in [7, 11) is 3.54. The third-order valence-electron chi connectivity index (χ3n) is 5.91. The summed E-state index contributed by atoms with van der Waals surface area (Å²) in [6.07, 6.45) is 8.93. The molecule has 1 amide bonds. The van der Waals surface area contributed by atoms with Crippen molar-refractivity contribution < 1.29 is 9.53 Å². The highest BCUT2D eigenvalue weighted by Gasteiger charge is 2.25. The van der Waals surface area contributed by atoms with Gasteiger partial charge in [-0.05, 0) is 31.2 Å². The Balaban J connectivity index is 0.00000420. The number of likely N-dealkylation sites (N-methyl/N-ethyl adjacent to an activating group) is 1. The molecule has 1 aliphatic heterocycles. The summed E-state index contributed by atoms with van der Waals surface area (Å²) in [5.74, 6) is 0.790. The number of ether oxygens (including phenoxy) is 1. The van der Waals surface area contributed by atoms with E-state index in [-0.39, 0.29) is 36.4 Å². The van der Waals surface area contributed by atoms with E-state index in [4.69, 9.17) is 4.74 Å². The standard InChI is InChI=1S/C21H41N5O2.HI/c1-21(9-6-4-5-7-10-21)18-24-20(23-17-19(27)25(2)3)22-11-8-12-26-13-15-28-16-14-26;/h4-18H2,1-3H3,(H2,22,23,24);1H. The molecular weight excluding hydrogens is 481 g/mol. The van der Waals surface area contributed by atoms with Crippen LogP contribution in [0.25, 0.3) is 0 Å². The Hall–Kier alpha value is -0.610. The first-order valence-corrected chi connectivity index (χ1v) is 11.0. The Morgan fingerprint density at radius 2 is 1.76 bits per heavy atom. The molecule has 2 rings (SSSR count). The number of hydrogen-bond acceptors (Lipinski definition) is 4. The van der Waals surface area contributed by atoms with Crippen LogP contribution in [0, 0.1) is 5.41 Å². The van der Waals surface area contributed by atoms with Crippen molar-refractivity contribution in [2.24, 2.45) is 10.4 Å². The van der Waals surface area contributed by atoms with Crippen LogP contribution >= 0.6 is 24.0 Å². The number of halogens is 1. The zero-order valence-corrected chi connectivity index (χ0v) is 21.0. The van der Waals surface area contributed by atoms with Crippen molar-refractivity contribution >= 4 is 35.8 Å². The Bertz CT molecular complexity index is 487. The molecule has 2 N–H and O–H groups in total. The van der Waals surface area contributed by atoms with Crippen LogP contribution in [0.2, 0.25) is 0 Å². The molecule has 0 aromatic rings. The predicted octanol–water partition coefficient (Wildman–Crippen LogP) is 2.31. The largest absolute Gasteiger partial charge is 0.379 e. The fraction of sp³-hybridized carbons (Fsp3) is 0.905. The van der Waals surface area contributed by atoms with E-state index in [1.165, 1.54) is 38.5 Å². The first kappa shape index (κ1) is 26.4. The molecule has 0 bridgehead atoms. The summed E-state index contributed by atoms with van der Waals surface area (Å²) in [6, 6.07) is 0. The lowest BCUT2D eigenvalue weighted by Crippen LogP contribution is -2.44. The van der Waals surface area contributed by atoms with Gasteiger partial charge in [-0.25, -0.2) is 4.99 Å². The number of carbonyl (C=O) groups is 1. The molecule has 8 heteroatoms. The van der Waals surface area contributed by atoms with Crippen molar-refractivity contribution in [2.45, 2.75) is 51.9 Å². The molecule has 0 atom stereocenters. The second-order valence-electron chi connectivity index (χ2n) is 8.77. The van der Waals surface area contributed by atoms with Gasteiger partial charge in [-0.3, -0.25) is 9.69 Å². The first-order chi connectivity index (χ1) is 13.5. The van der Waals surface area contributed by atoms with Crippen LogP contribution in [-0.2, 0) is 9.53 Å². The number of morpholine rings is 1. The number of carbonyl (C=O) groups excluding carboxylic acids is 1. The molecule has 0 radical (unpaired) electrons. The van der Waals surface area contributed by atoms with Crippen LogP contribution in [0.15, 0.2) is 4.99 Å². The second-order valence-corrected chi connectivity index (χ2v) is 8.77. The van der Waals surface area contributed by atoms with E-state index in [1.54, 1.807) is 19.0 Å². The molecule has 1 saturated heterocycles. The van der Waals surface area contributed by atoms with Gasteiger partial charge >= 0.3 is 0 Å². The number of rotatable bonds is 8. The minimum atomic E-state index is 0. The lowest BCUT2D eigenvalue weighted by Gasteiger charge is -2.29. The fourth-order valence-electron chi connectivity index (χ4n) is 3.85. The van der Waals surface area contributed by atoms with Gasteiger partial charge in [0.05, 0.1) is 13.2 Å². The van der Waals surface area contributed by atoms with Crippen LogP contribution in [0.5, 0.6) is 0 Å². The van der Waals surface area contributed by atoms with Gasteiger partial charge in [-0.2, -0.15) is 0 Å². The van der Waals surface area contributed by atoms with E-state index in [0.717, 1.165) is 58.3 Å². The Kier molecular flexibility index (Phi) is 13.1. The predicted molar refractivity (Wildman–Crippen MR) is 130 cm³/mol. The smallest absolute Gasteiger partial charge is 0.243 e. The van der Waals surface area contributed by atoms with E-state index in [0.29, 0.717) is 5.41 Å². The quantitative estimate of drug-likeness (QED) is 0.168. The molecule has 1 saturated carbocycles. The maximum Gasteiger partial charge on any atom is 0.243 e. The maximum absolute atomic E-state index is 11.9. The molecular formula is C21H42IN5O2. The van der Waals surface area contributed by atoms with E-state index in [9.17, 15) is 4.79 Å². The molecule has 0 unspecified atom stereocenters. The average Bonchev–Trinajstić information content (AvgIpc) is 2.92. The topological polar surface area (TPSA) is 69.2 Å². The van der Waals surface area contributed by atoms with E-state index < -0.39 is 0 Å². The summed E-state index contributed by atoms with van der Waals surface area (Å²) in [4.78, 5) is 20.5. The Labute approximate surface area is 194 Å². The van der Waals surface area contributed by atoms with Gasteiger partial charge in [-0.15, -0.1) is 24.0 Å². The zero-order valence-electron chi connectivity index (χ0n) is 18.7. The number of guanidine groups is 1. The van der Waals surface area contributed by atoms with Gasteiger partial charge in [0.25, 0.3) is 0 Å². The summed E-state index contributed by atoms with van der Waals surface area (Å²) < 4.78 is 5.40. The normalized spacial score (nSPS) is 20.3. The minimum absolute atomic E-state index is 0. The highest BCUT2D eigenvalue weighted by molar-refractivity contribution is 14.0. The second kappa shape index (κ2) is 14.4. The van der Waals surface area contributed by atoms with E-state index in [2.05, 4.69) is 27.4 Å². The zero-order chi connectivity index (χ0) is 20.2. The molecule has 170 valence electrons. The Morgan fingerprint density at radius 3 is 2.38 bits per heavy atom. The maximum atomic E-state index is 11.9. The van der Waals surface area contributed by atoms with Gasteiger partial charge in [0.1, 0.15) is 6.54 Å². The molecule has 29 heavy (non-hydrogen) atoms. The third kappa shape index (κ3) is 10.8. The lowest BCUT2D eigenvalue weighted by molar-refractivity contribution is -0.127. The molecule has 0 aromatic heterocycles. The number of nitrogens with zero attached hydrogens (tertiary/aromatic N) is 3. The van der Waals surface area contributed by atoms with Crippen molar-refractivity contribution in [1.29, 1.82) is 0 Å². The summed E-state index contributed by atoms with van der Waals surface area (Å²) >= 11 is 0. The highest BCUT2D eigenvalue weighted by Crippen LogP contribution is 2.33. The van der Waals surface area contributed by atoms with Crippen molar-refractivity contribution in [3.05, 3.63) is 0 Å². The molecule has 0 spiro atoms. The minimum Gasteiger partial charge on any atom is -0.379 e. The number of aliphatic imine (C=N–C) groups is 1. The van der Waals surface area contributed by atoms with Gasteiger partial charge < -0.3 is 20.3 Å². The summed E-state index contributed by atoms with van der Waals surface area (Å²) in [5, 5.41) is 6.96. The van der Waals surface area contributed by atoms with Crippen LogP contribution < -0.4 is 10.6 Å². The molecule has 7 nitrogen and oxygen atoms in total. The molecule has 1 heterocycles. The third-order valence-corrected chi connectivity index (χ3v) is 5.91. The lowest BCUT2D eigenvalue weighted by atomic mass is 9.82. The molecule has 2 fully saturated rings. The number of amides is 1. The fourth-order valence-corrected chi connectivity index (χ4v) is 3.85. The van der Waals surface area contributed by atoms with Gasteiger partial charge in [0.15, 0.2) is 5.96 Å². The first-order valence-electron chi connectivity index (χ1n) is 11.0. The van der Waals surface area contributed by atoms with Crippen molar-refractivity contribution in [2.75, 3.05) is 66.6 Å². The van der Waals surface area contributed by atoms with Crippen LogP contribution in [-0.4, -0.2) is 88.2 Å².